The van der Waals surface area contributed by atoms with Gasteiger partial charge in [0, 0.05) is 27.7 Å². The van der Waals surface area contributed by atoms with Crippen molar-refractivity contribution in [1.82, 2.24) is 18.7 Å². The second-order valence-corrected chi connectivity index (χ2v) is 4.25. The minimum Gasteiger partial charge on any atom is -0.383 e. The monoisotopic (exact) mass is 267 g/mol. The third kappa shape index (κ3) is 1.98. The van der Waals surface area contributed by atoms with Gasteiger partial charge in [0.1, 0.15) is 11.5 Å². The Balaban J connectivity index is 2.86. The first-order valence-electron chi connectivity index (χ1n) is 5.87. The summed E-state index contributed by atoms with van der Waals surface area (Å²) in [6, 6.07) is 0. The normalized spacial score (nSPS) is 11.4. The Kier molecular flexibility index (Phi) is 3.54. The van der Waals surface area contributed by atoms with Gasteiger partial charge in [-0.3, -0.25) is 13.9 Å². The molecule has 2 N–H and O–H groups in total. The number of nitrogens with zero attached hydrogens (tertiary/aromatic N) is 4. The zero-order chi connectivity index (χ0) is 14.2. The highest BCUT2D eigenvalue weighted by atomic mass is 16.5. The molecule has 0 spiro atoms. The number of hydrogen-bond acceptors (Lipinski definition) is 5. The van der Waals surface area contributed by atoms with Crippen LogP contribution in [-0.4, -0.2) is 32.4 Å². The maximum Gasteiger partial charge on any atom is 0.332 e. The Bertz CT molecular complexity index is 724. The molecule has 2 rings (SSSR count). The van der Waals surface area contributed by atoms with Crippen molar-refractivity contribution in [1.29, 1.82) is 0 Å². The number of rotatable bonds is 4. The summed E-state index contributed by atoms with van der Waals surface area (Å²) in [5.41, 5.74) is 5.57. The maximum absolute atomic E-state index is 12.1. The highest BCUT2D eigenvalue weighted by molar-refractivity contribution is 5.70. The molecular weight excluding hydrogens is 250 g/mol. The smallest absolute Gasteiger partial charge is 0.332 e. The van der Waals surface area contributed by atoms with E-state index in [1.165, 1.54) is 11.6 Å². The lowest BCUT2D eigenvalue weighted by molar-refractivity contribution is 0.187. The Morgan fingerprint density at radius 3 is 2.53 bits per heavy atom. The number of hydrogen-bond donors (Lipinski definition) is 1. The van der Waals surface area contributed by atoms with E-state index in [1.807, 2.05) is 0 Å². The summed E-state index contributed by atoms with van der Waals surface area (Å²) in [6.45, 7) is 1.12. The lowest BCUT2D eigenvalue weighted by atomic mass is 10.5. The van der Waals surface area contributed by atoms with E-state index >= 15 is 0 Å². The second kappa shape index (κ2) is 4.98. The molecule has 0 aromatic carbocycles. The van der Waals surface area contributed by atoms with Crippen LogP contribution >= 0.6 is 0 Å². The van der Waals surface area contributed by atoms with Crippen molar-refractivity contribution in [2.75, 3.05) is 13.7 Å². The van der Waals surface area contributed by atoms with Crippen molar-refractivity contribution in [3.05, 3.63) is 26.7 Å². The van der Waals surface area contributed by atoms with Gasteiger partial charge in [0.2, 0.25) is 0 Å². The van der Waals surface area contributed by atoms with Crippen molar-refractivity contribution in [3.63, 3.8) is 0 Å². The number of nitrogens with two attached hydrogens (primary N) is 1. The lowest BCUT2D eigenvalue weighted by Gasteiger charge is -2.10. The van der Waals surface area contributed by atoms with Crippen LogP contribution in [-0.2, 0) is 31.9 Å². The van der Waals surface area contributed by atoms with E-state index in [0.29, 0.717) is 24.6 Å². The standard InChI is InChI=1S/C11H17N5O3/c1-14-9-8(10(17)15(2)11(14)18)13-7(6-12)16(9)4-5-19-3/h4-6,12H2,1-3H3. The van der Waals surface area contributed by atoms with E-state index in [-0.39, 0.29) is 17.8 Å². The lowest BCUT2D eigenvalue weighted by Crippen LogP contribution is -2.37. The highest BCUT2D eigenvalue weighted by Crippen LogP contribution is 2.10. The van der Waals surface area contributed by atoms with E-state index in [9.17, 15) is 9.59 Å². The molecule has 0 saturated carbocycles. The number of imidazole rings is 1. The Morgan fingerprint density at radius 1 is 1.26 bits per heavy atom. The number of aromatic nitrogens is 4. The first kappa shape index (κ1) is 13.5. The Morgan fingerprint density at radius 2 is 1.95 bits per heavy atom. The average Bonchev–Trinajstić information content (AvgIpc) is 2.79. The fraction of sp³-hybridized carbons (Fsp3) is 0.545. The summed E-state index contributed by atoms with van der Waals surface area (Å²) in [7, 11) is 4.62. The first-order valence-corrected chi connectivity index (χ1v) is 5.87. The van der Waals surface area contributed by atoms with Gasteiger partial charge in [0.15, 0.2) is 5.52 Å². The third-order valence-corrected chi connectivity index (χ3v) is 3.12. The van der Waals surface area contributed by atoms with Gasteiger partial charge in [-0.15, -0.1) is 0 Å². The van der Waals surface area contributed by atoms with E-state index in [1.54, 1.807) is 18.7 Å². The molecule has 0 unspecified atom stereocenters. The summed E-state index contributed by atoms with van der Waals surface area (Å²) in [6.07, 6.45) is 0. The molecule has 2 heterocycles. The van der Waals surface area contributed by atoms with Crippen LogP contribution in [0.5, 0.6) is 0 Å². The number of aryl methyl sites for hydroxylation is 1. The number of ether oxygens (including phenoxy) is 1. The van der Waals surface area contributed by atoms with Crippen LogP contribution in [0.15, 0.2) is 9.59 Å². The molecule has 0 atom stereocenters. The summed E-state index contributed by atoms with van der Waals surface area (Å²) in [5, 5.41) is 0. The van der Waals surface area contributed by atoms with Crippen LogP contribution in [0.3, 0.4) is 0 Å². The molecule has 2 aromatic rings. The first-order chi connectivity index (χ1) is 9.02. The number of methoxy groups -OCH3 is 1. The Hall–Kier alpha value is -1.93. The topological polar surface area (TPSA) is 97.1 Å². The van der Waals surface area contributed by atoms with Crippen LogP contribution in [0, 0.1) is 0 Å². The van der Waals surface area contributed by atoms with E-state index in [0.717, 1.165) is 4.57 Å². The molecule has 0 bridgehead atoms. The van der Waals surface area contributed by atoms with Gasteiger partial charge in [-0.05, 0) is 0 Å². The van der Waals surface area contributed by atoms with Crippen LogP contribution in [0.25, 0.3) is 11.2 Å². The minimum absolute atomic E-state index is 0.190. The molecule has 104 valence electrons. The molecule has 19 heavy (non-hydrogen) atoms. The van der Waals surface area contributed by atoms with E-state index < -0.39 is 5.56 Å². The van der Waals surface area contributed by atoms with Crippen molar-refractivity contribution in [2.45, 2.75) is 13.1 Å². The van der Waals surface area contributed by atoms with Gasteiger partial charge < -0.3 is 15.0 Å². The zero-order valence-corrected chi connectivity index (χ0v) is 11.2. The molecule has 8 nitrogen and oxygen atoms in total. The molecule has 0 fully saturated rings. The predicted octanol–water partition coefficient (Wildman–Crippen LogP) is -1.46. The molecule has 0 aliphatic carbocycles. The predicted molar refractivity (Wildman–Crippen MR) is 70.0 cm³/mol. The fourth-order valence-electron chi connectivity index (χ4n) is 2.11. The van der Waals surface area contributed by atoms with Crippen molar-refractivity contribution >= 4 is 11.2 Å². The molecule has 0 saturated heterocycles. The largest absolute Gasteiger partial charge is 0.383 e. The SMILES string of the molecule is COCCn1c(CN)nc2c(=O)n(C)c(=O)n(C)c21. The van der Waals surface area contributed by atoms with Crippen LogP contribution in [0.1, 0.15) is 5.82 Å². The summed E-state index contributed by atoms with van der Waals surface area (Å²) >= 11 is 0. The van der Waals surface area contributed by atoms with Crippen molar-refractivity contribution < 1.29 is 4.74 Å². The van der Waals surface area contributed by atoms with Gasteiger partial charge >= 0.3 is 5.69 Å². The van der Waals surface area contributed by atoms with Crippen LogP contribution in [0.4, 0.5) is 0 Å². The van der Waals surface area contributed by atoms with E-state index in [4.69, 9.17) is 10.5 Å². The second-order valence-electron chi connectivity index (χ2n) is 4.25. The molecule has 0 aliphatic heterocycles. The number of fused-ring (bicyclic) bond motifs is 1. The van der Waals surface area contributed by atoms with Gasteiger partial charge in [-0.2, -0.15) is 0 Å². The molecule has 0 aliphatic rings. The summed E-state index contributed by atoms with van der Waals surface area (Å²) in [5.74, 6) is 0.561. The molecule has 0 radical (unpaired) electrons. The summed E-state index contributed by atoms with van der Waals surface area (Å²) in [4.78, 5) is 28.2. The highest BCUT2D eigenvalue weighted by Gasteiger charge is 2.17. The van der Waals surface area contributed by atoms with Crippen LogP contribution in [0.2, 0.25) is 0 Å². The maximum atomic E-state index is 12.1. The van der Waals surface area contributed by atoms with Crippen LogP contribution < -0.4 is 17.0 Å². The van der Waals surface area contributed by atoms with Gasteiger partial charge in [0.25, 0.3) is 5.56 Å². The molecular formula is C11H17N5O3. The quantitative estimate of drug-likeness (QED) is 0.730. The van der Waals surface area contributed by atoms with Gasteiger partial charge in [0.05, 0.1) is 13.2 Å². The fourth-order valence-corrected chi connectivity index (χ4v) is 2.11. The molecule has 2 aromatic heterocycles. The van der Waals surface area contributed by atoms with E-state index in [2.05, 4.69) is 4.98 Å². The van der Waals surface area contributed by atoms with Crippen molar-refractivity contribution in [2.24, 2.45) is 19.8 Å². The Labute approximate surface area is 109 Å². The summed E-state index contributed by atoms with van der Waals surface area (Å²) < 4.78 is 9.22. The average molecular weight is 267 g/mol. The zero-order valence-electron chi connectivity index (χ0n) is 11.2. The van der Waals surface area contributed by atoms with Gasteiger partial charge in [-0.25, -0.2) is 9.78 Å². The molecule has 8 heteroatoms. The molecule has 0 amide bonds. The third-order valence-electron chi connectivity index (χ3n) is 3.12. The minimum atomic E-state index is -0.413. The van der Waals surface area contributed by atoms with Crippen molar-refractivity contribution in [3.8, 4) is 0 Å². The van der Waals surface area contributed by atoms with Gasteiger partial charge in [-0.1, -0.05) is 0 Å².